The predicted molar refractivity (Wildman–Crippen MR) is 88.5 cm³/mol. The van der Waals surface area contributed by atoms with Gasteiger partial charge in [0.2, 0.25) is 5.91 Å². The number of aromatic nitrogens is 1. The second kappa shape index (κ2) is 5.66. The molecule has 4 nitrogen and oxygen atoms in total. The van der Waals surface area contributed by atoms with Crippen molar-refractivity contribution in [3.05, 3.63) is 23.0 Å². The van der Waals surface area contributed by atoms with Gasteiger partial charge in [0.05, 0.1) is 12.6 Å². The number of fused-ring (bicyclic) bond motifs is 3. The Morgan fingerprint density at radius 1 is 1.43 bits per heavy atom. The molecule has 1 aromatic rings. The van der Waals surface area contributed by atoms with E-state index < -0.39 is 0 Å². The van der Waals surface area contributed by atoms with Crippen LogP contribution in [0.25, 0.3) is 0 Å². The van der Waals surface area contributed by atoms with E-state index >= 15 is 0 Å². The van der Waals surface area contributed by atoms with Crippen LogP contribution in [-0.2, 0) is 4.79 Å². The molecule has 124 valence electrons. The minimum atomic E-state index is -0.103. The van der Waals surface area contributed by atoms with Gasteiger partial charge in [-0.25, -0.2) is 0 Å². The van der Waals surface area contributed by atoms with Crippen LogP contribution in [0.2, 0.25) is 5.02 Å². The molecule has 4 rings (SSSR count). The summed E-state index contributed by atoms with van der Waals surface area (Å²) in [6.07, 6.45) is 9.92. The lowest BCUT2D eigenvalue weighted by Gasteiger charge is -2.36. The minimum absolute atomic E-state index is 0.0141. The van der Waals surface area contributed by atoms with Crippen LogP contribution in [0.5, 0.6) is 5.75 Å². The number of amides is 1. The van der Waals surface area contributed by atoms with Crippen LogP contribution in [-0.4, -0.2) is 28.9 Å². The molecule has 0 spiro atoms. The number of hydrogen-bond donors (Lipinski definition) is 0. The fraction of sp³-hybridized carbons (Fsp3) is 0.667. The van der Waals surface area contributed by atoms with Gasteiger partial charge >= 0.3 is 0 Å². The number of halogens is 1. The molecule has 2 aliphatic carbocycles. The highest BCUT2D eigenvalue weighted by molar-refractivity contribution is 6.32. The Morgan fingerprint density at radius 2 is 2.22 bits per heavy atom. The summed E-state index contributed by atoms with van der Waals surface area (Å²) in [5, 5.41) is 0.537. The van der Waals surface area contributed by atoms with Crippen molar-refractivity contribution in [1.82, 2.24) is 9.88 Å². The van der Waals surface area contributed by atoms with Crippen molar-refractivity contribution in [3.63, 3.8) is 0 Å². The molecule has 0 radical (unpaired) electrons. The summed E-state index contributed by atoms with van der Waals surface area (Å²) in [5.74, 6) is 1.81. The van der Waals surface area contributed by atoms with Crippen LogP contribution in [0.4, 0.5) is 0 Å². The third kappa shape index (κ3) is 2.34. The first-order valence-electron chi connectivity index (χ1n) is 8.72. The number of pyridine rings is 1. The molecule has 1 amide bonds. The topological polar surface area (TPSA) is 42.4 Å². The summed E-state index contributed by atoms with van der Waals surface area (Å²) in [6.45, 7) is 3.25. The van der Waals surface area contributed by atoms with E-state index in [1.165, 1.54) is 12.8 Å². The monoisotopic (exact) mass is 334 g/mol. The second-order valence-corrected chi connectivity index (χ2v) is 7.65. The standard InChI is InChI=1S/C18H23ClN2O2/c1-2-15-13-10-20-11-14(19)16(13)23-8-7-21(15)17(22)18-5-3-12(9-18)4-6-18/h10-12,15H,2-9H2,1H3/t12?,15-,18?/m0/s1. The van der Waals surface area contributed by atoms with Crippen molar-refractivity contribution in [2.24, 2.45) is 11.3 Å². The molecular weight excluding hydrogens is 312 g/mol. The molecule has 0 unspecified atom stereocenters. The Hall–Kier alpha value is -1.29. The van der Waals surface area contributed by atoms with Gasteiger partial charge in [0.25, 0.3) is 0 Å². The SMILES string of the molecule is CC[C@H]1c2cncc(Cl)c2OCCN1C(=O)C12CCC(CC1)C2. The quantitative estimate of drug-likeness (QED) is 0.821. The van der Waals surface area contributed by atoms with E-state index in [1.807, 2.05) is 6.20 Å². The van der Waals surface area contributed by atoms with Crippen LogP contribution in [0, 0.1) is 11.3 Å². The van der Waals surface area contributed by atoms with Gasteiger partial charge in [0.15, 0.2) is 0 Å². The summed E-state index contributed by atoms with van der Waals surface area (Å²) in [5.41, 5.74) is 0.851. The zero-order chi connectivity index (χ0) is 16.0. The highest BCUT2D eigenvalue weighted by atomic mass is 35.5. The molecule has 2 fully saturated rings. The minimum Gasteiger partial charge on any atom is -0.490 e. The fourth-order valence-electron chi connectivity index (χ4n) is 4.88. The van der Waals surface area contributed by atoms with Gasteiger partial charge in [0, 0.05) is 23.4 Å². The van der Waals surface area contributed by atoms with Crippen molar-refractivity contribution in [2.45, 2.75) is 51.5 Å². The fourth-order valence-corrected chi connectivity index (χ4v) is 5.10. The normalized spacial score (nSPS) is 32.3. The number of hydrogen-bond acceptors (Lipinski definition) is 3. The van der Waals surface area contributed by atoms with E-state index in [9.17, 15) is 4.79 Å². The molecule has 2 saturated carbocycles. The lowest BCUT2D eigenvalue weighted by Crippen LogP contribution is -2.44. The smallest absolute Gasteiger partial charge is 0.229 e. The average molecular weight is 335 g/mol. The summed E-state index contributed by atoms with van der Waals surface area (Å²) in [4.78, 5) is 19.7. The van der Waals surface area contributed by atoms with Gasteiger partial charge in [-0.2, -0.15) is 0 Å². The van der Waals surface area contributed by atoms with Gasteiger partial charge in [-0.1, -0.05) is 18.5 Å². The summed E-state index contributed by atoms with van der Waals surface area (Å²) < 4.78 is 5.87. The van der Waals surface area contributed by atoms with Crippen LogP contribution < -0.4 is 4.74 Å². The third-order valence-electron chi connectivity index (χ3n) is 6.04. The molecule has 5 heteroatoms. The van der Waals surface area contributed by atoms with E-state index in [0.29, 0.717) is 29.8 Å². The first-order chi connectivity index (χ1) is 11.1. The Labute approximate surface area is 142 Å². The first-order valence-corrected chi connectivity index (χ1v) is 9.10. The van der Waals surface area contributed by atoms with Crippen molar-refractivity contribution >= 4 is 17.5 Å². The highest BCUT2D eigenvalue weighted by Crippen LogP contribution is 2.56. The van der Waals surface area contributed by atoms with Gasteiger partial charge in [-0.05, 0) is 44.4 Å². The molecule has 1 aliphatic heterocycles. The zero-order valence-electron chi connectivity index (χ0n) is 13.6. The molecule has 0 N–H and O–H groups in total. The van der Waals surface area contributed by atoms with Crippen LogP contribution in [0.1, 0.15) is 57.1 Å². The van der Waals surface area contributed by atoms with Crippen molar-refractivity contribution in [2.75, 3.05) is 13.2 Å². The van der Waals surface area contributed by atoms with Crippen molar-refractivity contribution in [1.29, 1.82) is 0 Å². The number of carbonyl (C=O) groups excluding carboxylic acids is 1. The number of nitrogens with zero attached hydrogens (tertiary/aromatic N) is 2. The maximum absolute atomic E-state index is 13.4. The average Bonchev–Trinajstić information content (AvgIpc) is 3.12. The number of rotatable bonds is 2. The molecular formula is C18H23ClN2O2. The third-order valence-corrected chi connectivity index (χ3v) is 6.31. The summed E-state index contributed by atoms with van der Waals surface area (Å²) in [7, 11) is 0. The Bertz CT molecular complexity index is 625. The lowest BCUT2D eigenvalue weighted by atomic mass is 9.82. The number of ether oxygens (including phenoxy) is 1. The zero-order valence-corrected chi connectivity index (χ0v) is 14.3. The molecule has 2 heterocycles. The molecule has 23 heavy (non-hydrogen) atoms. The van der Waals surface area contributed by atoms with Crippen LogP contribution >= 0.6 is 11.6 Å². The maximum Gasteiger partial charge on any atom is 0.229 e. The van der Waals surface area contributed by atoms with Crippen LogP contribution in [0.3, 0.4) is 0 Å². The summed E-state index contributed by atoms with van der Waals surface area (Å²) in [6, 6.07) is 0.0141. The van der Waals surface area contributed by atoms with Gasteiger partial charge in [0.1, 0.15) is 17.4 Å². The van der Waals surface area contributed by atoms with E-state index in [0.717, 1.165) is 37.2 Å². The molecule has 0 saturated heterocycles. The van der Waals surface area contributed by atoms with E-state index in [2.05, 4.69) is 16.8 Å². The van der Waals surface area contributed by atoms with Crippen LogP contribution in [0.15, 0.2) is 12.4 Å². The molecule has 1 atom stereocenters. The van der Waals surface area contributed by atoms with E-state index in [1.54, 1.807) is 6.20 Å². The molecule has 1 aromatic heterocycles. The number of carbonyl (C=O) groups is 1. The van der Waals surface area contributed by atoms with E-state index in [-0.39, 0.29) is 11.5 Å². The first kappa shape index (κ1) is 15.3. The van der Waals surface area contributed by atoms with Gasteiger partial charge in [-0.15, -0.1) is 0 Å². The summed E-state index contributed by atoms with van der Waals surface area (Å²) >= 11 is 6.26. The lowest BCUT2D eigenvalue weighted by molar-refractivity contribution is -0.144. The van der Waals surface area contributed by atoms with Gasteiger partial charge in [-0.3, -0.25) is 9.78 Å². The molecule has 0 aromatic carbocycles. The van der Waals surface area contributed by atoms with E-state index in [4.69, 9.17) is 16.3 Å². The predicted octanol–water partition coefficient (Wildman–Crippen LogP) is 3.99. The highest BCUT2D eigenvalue weighted by Gasteiger charge is 2.52. The molecule has 3 aliphatic rings. The van der Waals surface area contributed by atoms with Crippen molar-refractivity contribution in [3.8, 4) is 5.75 Å². The second-order valence-electron chi connectivity index (χ2n) is 7.24. The van der Waals surface area contributed by atoms with Gasteiger partial charge < -0.3 is 9.64 Å². The maximum atomic E-state index is 13.4. The van der Waals surface area contributed by atoms with Crippen molar-refractivity contribution < 1.29 is 9.53 Å². The molecule has 2 bridgehead atoms. The Balaban J connectivity index is 1.69. The largest absolute Gasteiger partial charge is 0.490 e. The Kier molecular flexibility index (Phi) is 3.75. The Morgan fingerprint density at radius 3 is 2.87 bits per heavy atom.